The van der Waals surface area contributed by atoms with E-state index in [0.29, 0.717) is 11.4 Å². The molecule has 14 heavy (non-hydrogen) atoms. The summed E-state index contributed by atoms with van der Waals surface area (Å²) in [7, 11) is 0. The van der Waals surface area contributed by atoms with Crippen LogP contribution in [0.5, 0.6) is 0 Å². The van der Waals surface area contributed by atoms with E-state index in [1.54, 1.807) is 0 Å². The summed E-state index contributed by atoms with van der Waals surface area (Å²) in [6.45, 7) is 6.27. The average Bonchev–Trinajstić information content (AvgIpc) is 1.97. The highest BCUT2D eigenvalue weighted by Gasteiger charge is 2.19. The fraction of sp³-hybridized carbons (Fsp3) is 0.778. The Morgan fingerprint density at radius 1 is 1.36 bits per heavy atom. The van der Waals surface area contributed by atoms with Gasteiger partial charge in [0.15, 0.2) is 0 Å². The molecular formula is C9H19N3OS. The summed E-state index contributed by atoms with van der Waals surface area (Å²) in [6, 6.07) is 0.409. The molecule has 4 nitrogen and oxygen atoms in total. The largest absolute Gasteiger partial charge is 0.393 e. The van der Waals surface area contributed by atoms with Crippen molar-refractivity contribution in [1.82, 2.24) is 4.90 Å². The van der Waals surface area contributed by atoms with Gasteiger partial charge in [0, 0.05) is 18.5 Å². The topological polar surface area (TPSA) is 72.3 Å². The van der Waals surface area contributed by atoms with E-state index >= 15 is 0 Å². The second kappa shape index (κ2) is 5.93. The molecule has 0 fully saturated rings. The third-order valence-corrected chi connectivity index (χ3v) is 2.23. The summed E-state index contributed by atoms with van der Waals surface area (Å²) < 4.78 is 0. The van der Waals surface area contributed by atoms with Crippen LogP contribution in [0.4, 0.5) is 0 Å². The molecule has 1 amide bonds. The number of primary amides is 1. The second-order valence-electron chi connectivity index (χ2n) is 3.75. The number of hydrogen-bond donors (Lipinski definition) is 2. The molecule has 0 heterocycles. The monoisotopic (exact) mass is 217 g/mol. The standard InChI is InChI=1S/C9H19N3OS/c1-6(2)12(5-8(10)13)7(3)4-9(11)14/h6-7H,4-5H2,1-3H3,(H2,10,13)(H2,11,14). The summed E-state index contributed by atoms with van der Waals surface area (Å²) in [6.07, 6.45) is 0.612. The van der Waals surface area contributed by atoms with Crippen LogP contribution >= 0.6 is 12.2 Å². The fourth-order valence-electron chi connectivity index (χ4n) is 1.44. The molecule has 0 spiro atoms. The number of hydrogen-bond acceptors (Lipinski definition) is 3. The molecule has 1 atom stereocenters. The first-order valence-corrected chi connectivity index (χ1v) is 5.07. The van der Waals surface area contributed by atoms with Gasteiger partial charge in [-0.3, -0.25) is 9.69 Å². The lowest BCUT2D eigenvalue weighted by molar-refractivity contribution is -0.120. The summed E-state index contributed by atoms with van der Waals surface area (Å²) in [5.41, 5.74) is 10.6. The molecule has 0 aromatic rings. The van der Waals surface area contributed by atoms with Crippen molar-refractivity contribution in [1.29, 1.82) is 0 Å². The van der Waals surface area contributed by atoms with Gasteiger partial charge in [0.25, 0.3) is 0 Å². The molecule has 5 heteroatoms. The van der Waals surface area contributed by atoms with Crippen LogP contribution in [-0.4, -0.2) is 34.4 Å². The van der Waals surface area contributed by atoms with E-state index in [9.17, 15) is 4.79 Å². The molecule has 0 aliphatic heterocycles. The minimum atomic E-state index is -0.325. The fourth-order valence-corrected chi connectivity index (χ4v) is 1.68. The highest BCUT2D eigenvalue weighted by Crippen LogP contribution is 2.08. The van der Waals surface area contributed by atoms with Gasteiger partial charge >= 0.3 is 0 Å². The predicted molar refractivity (Wildman–Crippen MR) is 61.9 cm³/mol. The average molecular weight is 217 g/mol. The number of nitrogens with zero attached hydrogens (tertiary/aromatic N) is 1. The first kappa shape index (κ1) is 13.3. The van der Waals surface area contributed by atoms with Crippen molar-refractivity contribution >= 4 is 23.1 Å². The minimum absolute atomic E-state index is 0.153. The Morgan fingerprint density at radius 2 is 1.86 bits per heavy atom. The number of rotatable bonds is 6. The van der Waals surface area contributed by atoms with E-state index in [0.717, 1.165) is 0 Å². The van der Waals surface area contributed by atoms with Gasteiger partial charge < -0.3 is 11.5 Å². The van der Waals surface area contributed by atoms with Crippen molar-refractivity contribution in [3.05, 3.63) is 0 Å². The summed E-state index contributed by atoms with van der Waals surface area (Å²) >= 11 is 4.83. The SMILES string of the molecule is CC(C)N(CC(N)=O)C(C)CC(N)=S. The Morgan fingerprint density at radius 3 is 2.14 bits per heavy atom. The lowest BCUT2D eigenvalue weighted by Crippen LogP contribution is -2.45. The number of carbonyl (C=O) groups is 1. The first-order chi connectivity index (χ1) is 6.34. The Bertz CT molecular complexity index is 218. The zero-order valence-corrected chi connectivity index (χ0v) is 9.80. The molecule has 1 unspecified atom stereocenters. The van der Waals surface area contributed by atoms with Gasteiger partial charge in [-0.2, -0.15) is 0 Å². The van der Waals surface area contributed by atoms with Crippen LogP contribution in [0.1, 0.15) is 27.2 Å². The highest BCUT2D eigenvalue weighted by atomic mass is 32.1. The molecule has 0 aliphatic carbocycles. The maximum absolute atomic E-state index is 10.8. The van der Waals surface area contributed by atoms with E-state index in [1.807, 2.05) is 25.7 Å². The molecule has 0 aliphatic rings. The Kier molecular flexibility index (Phi) is 5.64. The van der Waals surface area contributed by atoms with E-state index < -0.39 is 0 Å². The van der Waals surface area contributed by atoms with Crippen molar-refractivity contribution in [3.8, 4) is 0 Å². The van der Waals surface area contributed by atoms with Crippen molar-refractivity contribution in [2.75, 3.05) is 6.54 Å². The predicted octanol–water partition coefficient (Wildman–Crippen LogP) is 0.247. The van der Waals surface area contributed by atoms with Crippen LogP contribution in [0.2, 0.25) is 0 Å². The summed E-state index contributed by atoms with van der Waals surface area (Å²) in [5.74, 6) is -0.325. The van der Waals surface area contributed by atoms with Gasteiger partial charge in [-0.25, -0.2) is 0 Å². The van der Waals surface area contributed by atoms with E-state index in [2.05, 4.69) is 0 Å². The number of amides is 1. The highest BCUT2D eigenvalue weighted by molar-refractivity contribution is 7.80. The van der Waals surface area contributed by atoms with E-state index in [4.69, 9.17) is 23.7 Å². The zero-order valence-electron chi connectivity index (χ0n) is 8.99. The van der Waals surface area contributed by atoms with Gasteiger partial charge in [-0.1, -0.05) is 12.2 Å². The van der Waals surface area contributed by atoms with Crippen LogP contribution in [0, 0.1) is 0 Å². The van der Waals surface area contributed by atoms with Gasteiger partial charge in [0.2, 0.25) is 5.91 Å². The third-order valence-electron chi connectivity index (χ3n) is 2.06. The lowest BCUT2D eigenvalue weighted by atomic mass is 10.1. The molecule has 0 aromatic heterocycles. The van der Waals surface area contributed by atoms with Crippen LogP contribution in [0.25, 0.3) is 0 Å². The Balaban J connectivity index is 4.32. The quantitative estimate of drug-likeness (QED) is 0.625. The van der Waals surface area contributed by atoms with Gasteiger partial charge in [0.1, 0.15) is 0 Å². The first-order valence-electron chi connectivity index (χ1n) is 4.67. The zero-order chi connectivity index (χ0) is 11.3. The maximum atomic E-state index is 10.8. The third kappa shape index (κ3) is 5.14. The normalized spacial score (nSPS) is 13.2. The number of nitrogens with two attached hydrogens (primary N) is 2. The van der Waals surface area contributed by atoms with Crippen LogP contribution < -0.4 is 11.5 Å². The van der Waals surface area contributed by atoms with E-state index in [-0.39, 0.29) is 24.5 Å². The summed E-state index contributed by atoms with van der Waals surface area (Å²) in [5, 5.41) is 0. The number of carbonyl (C=O) groups excluding carboxylic acids is 1. The van der Waals surface area contributed by atoms with Crippen LogP contribution in [-0.2, 0) is 4.79 Å². The van der Waals surface area contributed by atoms with Gasteiger partial charge in [-0.05, 0) is 20.8 Å². The molecule has 0 rings (SSSR count). The molecule has 0 saturated heterocycles. The smallest absolute Gasteiger partial charge is 0.231 e. The lowest BCUT2D eigenvalue weighted by Gasteiger charge is -2.31. The number of thiocarbonyl (C=S) groups is 1. The van der Waals surface area contributed by atoms with Crippen molar-refractivity contribution < 1.29 is 4.79 Å². The van der Waals surface area contributed by atoms with E-state index in [1.165, 1.54) is 0 Å². The van der Waals surface area contributed by atoms with Crippen LogP contribution in [0.15, 0.2) is 0 Å². The van der Waals surface area contributed by atoms with Crippen molar-refractivity contribution in [2.45, 2.75) is 39.3 Å². The molecule has 0 radical (unpaired) electrons. The molecule has 0 bridgehead atoms. The van der Waals surface area contributed by atoms with Crippen molar-refractivity contribution in [3.63, 3.8) is 0 Å². The molecule has 0 aromatic carbocycles. The van der Waals surface area contributed by atoms with Crippen molar-refractivity contribution in [2.24, 2.45) is 11.5 Å². The molecule has 4 N–H and O–H groups in total. The molecule has 82 valence electrons. The molecular weight excluding hydrogens is 198 g/mol. The maximum Gasteiger partial charge on any atom is 0.231 e. The Hall–Kier alpha value is -0.680. The minimum Gasteiger partial charge on any atom is -0.393 e. The summed E-state index contributed by atoms with van der Waals surface area (Å²) in [4.78, 5) is 13.3. The van der Waals surface area contributed by atoms with Gasteiger partial charge in [0.05, 0.1) is 11.5 Å². The Labute approximate surface area is 90.6 Å². The second-order valence-corrected chi connectivity index (χ2v) is 4.28. The molecule has 0 saturated carbocycles. The van der Waals surface area contributed by atoms with Gasteiger partial charge in [-0.15, -0.1) is 0 Å². The van der Waals surface area contributed by atoms with Crippen LogP contribution in [0.3, 0.4) is 0 Å².